The van der Waals surface area contributed by atoms with E-state index in [1.807, 2.05) is 52.0 Å². The Morgan fingerprint density at radius 2 is 1.90 bits per heavy atom. The van der Waals surface area contributed by atoms with Gasteiger partial charge in [0.05, 0.1) is 24.2 Å². The third-order valence-electron chi connectivity index (χ3n) is 5.48. The van der Waals surface area contributed by atoms with E-state index in [9.17, 15) is 9.59 Å². The number of aliphatic imine (C=N–C) groups is 1. The number of allylic oxidation sites excluding steroid dienone is 1. The number of esters is 1. The number of carbonyl (C=O) groups excluding carboxylic acids is 2. The molecule has 29 heavy (non-hydrogen) atoms. The molecule has 0 aromatic heterocycles. The Hall–Kier alpha value is -2.43. The van der Waals surface area contributed by atoms with Crippen molar-refractivity contribution in [3.8, 4) is 5.75 Å². The van der Waals surface area contributed by atoms with Crippen LogP contribution in [0.3, 0.4) is 0 Å². The number of Topliss-reactive ketones (excluding diaryl/α,β-unsaturated/α-hetero) is 1. The summed E-state index contributed by atoms with van der Waals surface area (Å²) < 4.78 is 11.4. The normalized spacial score (nSPS) is 23.6. The van der Waals surface area contributed by atoms with Crippen molar-refractivity contribution in [2.45, 2.75) is 66.4 Å². The minimum Gasteiger partial charge on any atom is -0.494 e. The molecular formula is C24H31NO4. The van der Waals surface area contributed by atoms with Crippen molar-refractivity contribution in [1.29, 1.82) is 0 Å². The lowest BCUT2D eigenvalue weighted by molar-refractivity contribution is -0.143. The van der Waals surface area contributed by atoms with Crippen molar-refractivity contribution >= 4 is 17.5 Å². The van der Waals surface area contributed by atoms with Gasteiger partial charge < -0.3 is 9.47 Å². The highest BCUT2D eigenvalue weighted by molar-refractivity contribution is 6.12. The zero-order chi connectivity index (χ0) is 21.3. The number of ether oxygens (including phenoxy) is 2. The van der Waals surface area contributed by atoms with Crippen LogP contribution in [-0.2, 0) is 14.3 Å². The van der Waals surface area contributed by atoms with Crippen LogP contribution < -0.4 is 4.74 Å². The Bertz CT molecular complexity index is 879. The molecule has 3 rings (SSSR count). The number of para-hydroxylation sites is 1. The van der Waals surface area contributed by atoms with E-state index in [4.69, 9.17) is 14.5 Å². The Labute approximate surface area is 173 Å². The third-order valence-corrected chi connectivity index (χ3v) is 5.48. The second-order valence-electron chi connectivity index (χ2n) is 8.97. The lowest BCUT2D eigenvalue weighted by atomic mass is 9.63. The lowest BCUT2D eigenvalue weighted by Crippen LogP contribution is -2.44. The standard InChI is InChI=1S/C24H31NO4/c1-7-28-19-11-9-8-10-16(19)21-20(23(27)29-14(2)3)15(4)25-17-12-24(5,6)13-18(26)22(17)21/h8-11,14,21-22H,7,12-13H2,1-6H3/t21-,22?/m1/s1. The molecule has 1 aromatic carbocycles. The van der Waals surface area contributed by atoms with Crippen LogP contribution in [0.5, 0.6) is 5.75 Å². The Balaban J connectivity index is 2.19. The minimum atomic E-state index is -0.456. The van der Waals surface area contributed by atoms with Gasteiger partial charge in [-0.1, -0.05) is 32.0 Å². The Morgan fingerprint density at radius 1 is 1.21 bits per heavy atom. The van der Waals surface area contributed by atoms with Crippen molar-refractivity contribution in [3.63, 3.8) is 0 Å². The van der Waals surface area contributed by atoms with Gasteiger partial charge in [0.25, 0.3) is 0 Å². The van der Waals surface area contributed by atoms with E-state index in [0.717, 1.165) is 17.7 Å². The van der Waals surface area contributed by atoms with Gasteiger partial charge in [-0.2, -0.15) is 0 Å². The van der Waals surface area contributed by atoms with Gasteiger partial charge in [-0.05, 0) is 45.6 Å². The Morgan fingerprint density at radius 3 is 2.55 bits per heavy atom. The second-order valence-corrected chi connectivity index (χ2v) is 8.97. The van der Waals surface area contributed by atoms with Gasteiger partial charge in [0.2, 0.25) is 0 Å². The van der Waals surface area contributed by atoms with E-state index < -0.39 is 17.8 Å². The van der Waals surface area contributed by atoms with Gasteiger partial charge in [-0.3, -0.25) is 9.79 Å². The first kappa shape index (κ1) is 21.3. The van der Waals surface area contributed by atoms with Gasteiger partial charge in [0, 0.05) is 29.3 Å². The first-order valence-corrected chi connectivity index (χ1v) is 10.4. The average molecular weight is 398 g/mol. The maximum Gasteiger partial charge on any atom is 0.336 e. The summed E-state index contributed by atoms with van der Waals surface area (Å²) in [7, 11) is 0. The van der Waals surface area contributed by atoms with Crippen LogP contribution in [0.15, 0.2) is 40.5 Å². The molecule has 1 aliphatic heterocycles. The molecule has 1 aliphatic carbocycles. The van der Waals surface area contributed by atoms with Crippen LogP contribution in [-0.4, -0.2) is 30.2 Å². The van der Waals surface area contributed by atoms with E-state index in [1.165, 1.54) is 0 Å². The van der Waals surface area contributed by atoms with Crippen LogP contribution in [0.25, 0.3) is 0 Å². The average Bonchev–Trinajstić information content (AvgIpc) is 2.59. The Kier molecular flexibility index (Phi) is 5.97. The fourth-order valence-corrected chi connectivity index (χ4v) is 4.50. The molecule has 2 atom stereocenters. The maximum absolute atomic E-state index is 13.3. The molecule has 1 unspecified atom stereocenters. The molecule has 5 heteroatoms. The summed E-state index contributed by atoms with van der Waals surface area (Å²) in [5, 5.41) is 0. The zero-order valence-electron chi connectivity index (χ0n) is 18.2. The fourth-order valence-electron chi connectivity index (χ4n) is 4.50. The van der Waals surface area contributed by atoms with E-state index >= 15 is 0 Å². The molecule has 0 N–H and O–H groups in total. The van der Waals surface area contributed by atoms with Crippen LogP contribution in [0.4, 0.5) is 0 Å². The molecule has 1 heterocycles. The third kappa shape index (κ3) is 4.29. The maximum atomic E-state index is 13.3. The molecule has 5 nitrogen and oxygen atoms in total. The second kappa shape index (κ2) is 8.13. The molecule has 1 fully saturated rings. The molecule has 0 radical (unpaired) electrons. The number of carbonyl (C=O) groups is 2. The van der Waals surface area contributed by atoms with Crippen LogP contribution in [0.2, 0.25) is 0 Å². The van der Waals surface area contributed by atoms with Crippen LogP contribution in [0.1, 0.15) is 65.9 Å². The lowest BCUT2D eigenvalue weighted by Gasteiger charge is -2.41. The van der Waals surface area contributed by atoms with E-state index in [2.05, 4.69) is 13.8 Å². The summed E-state index contributed by atoms with van der Waals surface area (Å²) >= 11 is 0. The van der Waals surface area contributed by atoms with Crippen molar-refractivity contribution in [1.82, 2.24) is 0 Å². The van der Waals surface area contributed by atoms with E-state index in [-0.39, 0.29) is 17.3 Å². The quantitative estimate of drug-likeness (QED) is 0.666. The van der Waals surface area contributed by atoms with Crippen molar-refractivity contribution in [2.75, 3.05) is 6.61 Å². The molecule has 2 aliphatic rings. The number of rotatable bonds is 5. The van der Waals surface area contributed by atoms with Gasteiger partial charge in [-0.25, -0.2) is 4.79 Å². The predicted octanol–water partition coefficient (Wildman–Crippen LogP) is 4.85. The molecule has 156 valence electrons. The molecule has 0 saturated heterocycles. The highest BCUT2D eigenvalue weighted by Gasteiger charge is 2.48. The molecular weight excluding hydrogens is 366 g/mol. The molecule has 0 amide bonds. The van der Waals surface area contributed by atoms with E-state index in [0.29, 0.717) is 30.0 Å². The number of hydrogen-bond donors (Lipinski definition) is 0. The molecule has 1 aromatic rings. The molecule has 1 saturated carbocycles. The number of fused-ring (bicyclic) bond motifs is 1. The van der Waals surface area contributed by atoms with Gasteiger partial charge >= 0.3 is 5.97 Å². The SMILES string of the molecule is CCOc1ccccc1[C@@H]1C(C(=O)OC(C)C)=C(C)N=C2CC(C)(C)CC(=O)C21. The summed E-state index contributed by atoms with van der Waals surface area (Å²) in [6.45, 7) is 12.1. The highest BCUT2D eigenvalue weighted by Crippen LogP contribution is 2.48. The number of hydrogen-bond acceptors (Lipinski definition) is 5. The van der Waals surface area contributed by atoms with Crippen molar-refractivity contribution < 1.29 is 19.1 Å². The summed E-state index contributed by atoms with van der Waals surface area (Å²) in [4.78, 5) is 31.1. The van der Waals surface area contributed by atoms with Crippen molar-refractivity contribution in [3.05, 3.63) is 41.1 Å². The highest BCUT2D eigenvalue weighted by atomic mass is 16.5. The smallest absolute Gasteiger partial charge is 0.336 e. The van der Waals surface area contributed by atoms with Crippen LogP contribution >= 0.6 is 0 Å². The minimum absolute atomic E-state index is 0.124. The summed E-state index contributed by atoms with van der Waals surface area (Å²) in [6.07, 6.45) is 0.952. The monoisotopic (exact) mass is 397 g/mol. The topological polar surface area (TPSA) is 65.0 Å². The molecule has 0 bridgehead atoms. The largest absolute Gasteiger partial charge is 0.494 e. The predicted molar refractivity (Wildman–Crippen MR) is 113 cm³/mol. The summed E-state index contributed by atoms with van der Waals surface area (Å²) in [6, 6.07) is 7.66. The fraction of sp³-hybridized carbons (Fsp3) is 0.542. The van der Waals surface area contributed by atoms with Gasteiger partial charge in [-0.15, -0.1) is 0 Å². The molecule has 0 spiro atoms. The first-order chi connectivity index (χ1) is 13.6. The first-order valence-electron chi connectivity index (χ1n) is 10.4. The van der Waals surface area contributed by atoms with Crippen molar-refractivity contribution in [2.24, 2.45) is 16.3 Å². The van der Waals surface area contributed by atoms with E-state index in [1.54, 1.807) is 0 Å². The number of ketones is 1. The number of benzene rings is 1. The summed E-state index contributed by atoms with van der Waals surface area (Å²) in [5.74, 6) is -0.488. The zero-order valence-corrected chi connectivity index (χ0v) is 18.2. The summed E-state index contributed by atoms with van der Waals surface area (Å²) in [5.41, 5.74) is 2.67. The van der Waals surface area contributed by atoms with Gasteiger partial charge in [0.15, 0.2) is 0 Å². The van der Waals surface area contributed by atoms with Crippen LogP contribution in [0, 0.1) is 11.3 Å². The number of nitrogens with zero attached hydrogens (tertiary/aromatic N) is 1. The van der Waals surface area contributed by atoms with Gasteiger partial charge in [0.1, 0.15) is 11.5 Å².